The number of para-hydroxylation sites is 1. The van der Waals surface area contributed by atoms with Gasteiger partial charge in [-0.05, 0) is 54.5 Å². The summed E-state index contributed by atoms with van der Waals surface area (Å²) in [6.07, 6.45) is 6.19. The number of benzene rings is 1. The van der Waals surface area contributed by atoms with Gasteiger partial charge in [-0.15, -0.1) is 0 Å². The number of nitrogens with one attached hydrogen (secondary N) is 1. The summed E-state index contributed by atoms with van der Waals surface area (Å²) in [7, 11) is 0. The molecule has 20 heavy (non-hydrogen) atoms. The third-order valence-electron chi connectivity index (χ3n) is 3.98. The fraction of sp³-hybridized carbons (Fsp3) is 0.562. The highest BCUT2D eigenvalue weighted by molar-refractivity contribution is 14.1. The van der Waals surface area contributed by atoms with Crippen molar-refractivity contribution >= 4 is 34.2 Å². The lowest BCUT2D eigenvalue weighted by Crippen LogP contribution is -2.44. The van der Waals surface area contributed by atoms with Crippen LogP contribution < -0.4 is 5.32 Å². The van der Waals surface area contributed by atoms with E-state index >= 15 is 0 Å². The maximum atomic E-state index is 12.4. The SMILES string of the molecule is CCN(C(=O)CNc1ccccc1I)C1CCCCC1. The summed E-state index contributed by atoms with van der Waals surface area (Å²) >= 11 is 2.29. The van der Waals surface area contributed by atoms with Gasteiger partial charge >= 0.3 is 0 Å². The second kappa shape index (κ2) is 7.86. The molecule has 0 unspecified atom stereocenters. The van der Waals surface area contributed by atoms with Crippen LogP contribution in [0.25, 0.3) is 0 Å². The van der Waals surface area contributed by atoms with Gasteiger partial charge in [-0.2, -0.15) is 0 Å². The number of hydrogen-bond donors (Lipinski definition) is 1. The molecule has 1 aromatic rings. The Morgan fingerprint density at radius 1 is 1.30 bits per heavy atom. The van der Waals surface area contributed by atoms with Gasteiger partial charge < -0.3 is 10.2 Å². The van der Waals surface area contributed by atoms with Crippen molar-refractivity contribution in [2.75, 3.05) is 18.4 Å². The summed E-state index contributed by atoms with van der Waals surface area (Å²) in [4.78, 5) is 14.5. The molecule has 0 aromatic heterocycles. The molecule has 0 aliphatic heterocycles. The number of halogens is 1. The Labute approximate surface area is 135 Å². The van der Waals surface area contributed by atoms with Crippen molar-refractivity contribution < 1.29 is 4.79 Å². The normalized spacial score (nSPS) is 15.9. The first-order valence-electron chi connectivity index (χ1n) is 7.50. The Morgan fingerprint density at radius 2 is 2.00 bits per heavy atom. The van der Waals surface area contributed by atoms with Crippen LogP contribution in [0.15, 0.2) is 24.3 Å². The molecule has 0 radical (unpaired) electrons. The molecule has 0 atom stereocenters. The zero-order valence-corrected chi connectivity index (χ0v) is 14.2. The molecule has 2 rings (SSSR count). The summed E-state index contributed by atoms with van der Waals surface area (Å²) in [5, 5.41) is 3.27. The average Bonchev–Trinajstić information content (AvgIpc) is 2.48. The van der Waals surface area contributed by atoms with Crippen molar-refractivity contribution in [2.24, 2.45) is 0 Å². The van der Waals surface area contributed by atoms with Gasteiger partial charge in [0.2, 0.25) is 5.91 Å². The van der Waals surface area contributed by atoms with Crippen LogP contribution in [-0.2, 0) is 4.79 Å². The lowest BCUT2D eigenvalue weighted by molar-refractivity contribution is -0.132. The monoisotopic (exact) mass is 386 g/mol. The molecular weight excluding hydrogens is 363 g/mol. The molecule has 0 saturated heterocycles. The zero-order chi connectivity index (χ0) is 14.4. The van der Waals surface area contributed by atoms with Crippen LogP contribution >= 0.6 is 22.6 Å². The highest BCUT2D eigenvalue weighted by atomic mass is 127. The first-order valence-corrected chi connectivity index (χ1v) is 8.58. The number of hydrogen-bond acceptors (Lipinski definition) is 2. The average molecular weight is 386 g/mol. The van der Waals surface area contributed by atoms with E-state index < -0.39 is 0 Å². The number of anilines is 1. The smallest absolute Gasteiger partial charge is 0.242 e. The predicted octanol–water partition coefficient (Wildman–Crippen LogP) is 3.88. The lowest BCUT2D eigenvalue weighted by atomic mass is 9.94. The van der Waals surface area contributed by atoms with E-state index in [4.69, 9.17) is 0 Å². The molecule has 0 heterocycles. The third kappa shape index (κ3) is 4.11. The third-order valence-corrected chi connectivity index (χ3v) is 4.92. The van der Waals surface area contributed by atoms with Gasteiger partial charge in [-0.1, -0.05) is 31.4 Å². The quantitative estimate of drug-likeness (QED) is 0.779. The largest absolute Gasteiger partial charge is 0.375 e. The van der Waals surface area contributed by atoms with Gasteiger partial charge in [0.15, 0.2) is 0 Å². The van der Waals surface area contributed by atoms with Crippen molar-refractivity contribution in [3.63, 3.8) is 0 Å². The van der Waals surface area contributed by atoms with E-state index in [0.29, 0.717) is 12.6 Å². The fourth-order valence-corrected chi connectivity index (χ4v) is 3.49. The number of likely N-dealkylation sites (N-methyl/N-ethyl adjacent to an activating group) is 1. The number of amides is 1. The molecule has 1 fully saturated rings. The minimum Gasteiger partial charge on any atom is -0.375 e. The fourth-order valence-electron chi connectivity index (χ4n) is 2.91. The van der Waals surface area contributed by atoms with Gasteiger partial charge in [0.25, 0.3) is 0 Å². The Morgan fingerprint density at radius 3 is 2.65 bits per heavy atom. The van der Waals surface area contributed by atoms with E-state index in [9.17, 15) is 4.79 Å². The van der Waals surface area contributed by atoms with Crippen LogP contribution in [0, 0.1) is 3.57 Å². The minimum atomic E-state index is 0.221. The Balaban J connectivity index is 1.90. The topological polar surface area (TPSA) is 32.3 Å². The van der Waals surface area contributed by atoms with Crippen molar-refractivity contribution in [3.8, 4) is 0 Å². The van der Waals surface area contributed by atoms with Crippen molar-refractivity contribution in [1.82, 2.24) is 4.90 Å². The highest BCUT2D eigenvalue weighted by Gasteiger charge is 2.23. The Hall–Kier alpha value is -0.780. The van der Waals surface area contributed by atoms with Crippen LogP contribution in [0.5, 0.6) is 0 Å². The molecule has 1 amide bonds. The van der Waals surface area contributed by atoms with Crippen LogP contribution in [0.1, 0.15) is 39.0 Å². The number of carbonyl (C=O) groups excluding carboxylic acids is 1. The van der Waals surface area contributed by atoms with Crippen LogP contribution in [-0.4, -0.2) is 29.9 Å². The van der Waals surface area contributed by atoms with Gasteiger partial charge in [0.05, 0.1) is 6.54 Å². The molecule has 1 N–H and O–H groups in total. The zero-order valence-electron chi connectivity index (χ0n) is 12.1. The van der Waals surface area contributed by atoms with E-state index in [1.54, 1.807) is 0 Å². The molecular formula is C16H23IN2O. The number of rotatable bonds is 5. The minimum absolute atomic E-state index is 0.221. The van der Waals surface area contributed by atoms with Crippen LogP contribution in [0.4, 0.5) is 5.69 Å². The molecule has 1 aliphatic rings. The Kier molecular flexibility index (Phi) is 6.13. The number of carbonyl (C=O) groups is 1. The van der Waals surface area contributed by atoms with E-state index in [1.807, 2.05) is 24.3 Å². The first-order chi connectivity index (χ1) is 9.72. The molecule has 0 spiro atoms. The molecule has 110 valence electrons. The molecule has 1 aliphatic carbocycles. The molecule has 1 aromatic carbocycles. The summed E-state index contributed by atoms with van der Waals surface area (Å²) in [5.74, 6) is 0.221. The summed E-state index contributed by atoms with van der Waals surface area (Å²) in [6.45, 7) is 3.29. The molecule has 4 heteroatoms. The maximum Gasteiger partial charge on any atom is 0.242 e. The highest BCUT2D eigenvalue weighted by Crippen LogP contribution is 2.23. The summed E-state index contributed by atoms with van der Waals surface area (Å²) in [6, 6.07) is 8.53. The predicted molar refractivity (Wildman–Crippen MR) is 91.9 cm³/mol. The summed E-state index contributed by atoms with van der Waals surface area (Å²) in [5.41, 5.74) is 1.04. The second-order valence-electron chi connectivity index (χ2n) is 5.30. The van der Waals surface area contributed by atoms with E-state index in [2.05, 4.69) is 39.7 Å². The van der Waals surface area contributed by atoms with Gasteiger partial charge in [-0.3, -0.25) is 4.79 Å². The lowest BCUT2D eigenvalue weighted by Gasteiger charge is -2.33. The van der Waals surface area contributed by atoms with Crippen molar-refractivity contribution in [3.05, 3.63) is 27.8 Å². The maximum absolute atomic E-state index is 12.4. The van der Waals surface area contributed by atoms with E-state index in [1.165, 1.54) is 32.1 Å². The van der Waals surface area contributed by atoms with Crippen molar-refractivity contribution in [2.45, 2.75) is 45.1 Å². The van der Waals surface area contributed by atoms with Crippen LogP contribution in [0.3, 0.4) is 0 Å². The molecule has 3 nitrogen and oxygen atoms in total. The van der Waals surface area contributed by atoms with E-state index in [0.717, 1.165) is 15.8 Å². The second-order valence-corrected chi connectivity index (χ2v) is 6.47. The van der Waals surface area contributed by atoms with Crippen LogP contribution in [0.2, 0.25) is 0 Å². The van der Waals surface area contributed by atoms with Gasteiger partial charge in [0.1, 0.15) is 0 Å². The molecule has 0 bridgehead atoms. The first kappa shape index (κ1) is 15.6. The standard InChI is InChI=1S/C16H23IN2O/c1-2-19(13-8-4-3-5-9-13)16(20)12-18-15-11-7-6-10-14(15)17/h6-7,10-11,13,18H,2-5,8-9,12H2,1H3. The van der Waals surface area contributed by atoms with Gasteiger partial charge in [-0.25, -0.2) is 0 Å². The van der Waals surface area contributed by atoms with Gasteiger partial charge in [0, 0.05) is 21.8 Å². The number of nitrogens with zero attached hydrogens (tertiary/aromatic N) is 1. The van der Waals surface area contributed by atoms with Crippen molar-refractivity contribution in [1.29, 1.82) is 0 Å². The van der Waals surface area contributed by atoms with E-state index in [-0.39, 0.29) is 5.91 Å². The summed E-state index contributed by atoms with van der Waals surface area (Å²) < 4.78 is 1.15. The Bertz CT molecular complexity index is 444. The molecule has 1 saturated carbocycles.